The van der Waals surface area contributed by atoms with E-state index in [9.17, 15) is 4.79 Å². The molecule has 2 heterocycles. The first-order chi connectivity index (χ1) is 14.6. The van der Waals surface area contributed by atoms with Crippen molar-refractivity contribution in [2.75, 3.05) is 4.90 Å². The molecule has 0 spiro atoms. The Morgan fingerprint density at radius 2 is 2.17 bits per heavy atom. The van der Waals surface area contributed by atoms with Crippen LogP contribution in [0.3, 0.4) is 0 Å². The summed E-state index contributed by atoms with van der Waals surface area (Å²) in [5.74, 6) is 2.25. The number of allylic oxidation sites excluding steroid dienone is 1. The number of thiazole rings is 1. The summed E-state index contributed by atoms with van der Waals surface area (Å²) in [5, 5.41) is 12.4. The average Bonchev–Trinajstić information content (AvgIpc) is 3.35. The lowest BCUT2D eigenvalue weighted by atomic mass is 10.1. The molecule has 4 rings (SSSR count). The topological polar surface area (TPSA) is 63.9 Å². The number of para-hydroxylation sites is 1. The van der Waals surface area contributed by atoms with Crippen LogP contribution in [0.2, 0.25) is 0 Å². The number of rotatable bonds is 9. The zero-order chi connectivity index (χ0) is 21.1. The van der Waals surface area contributed by atoms with Gasteiger partial charge in [-0.15, -0.1) is 28.1 Å². The van der Waals surface area contributed by atoms with E-state index in [0.717, 1.165) is 40.9 Å². The van der Waals surface area contributed by atoms with Gasteiger partial charge >= 0.3 is 0 Å². The van der Waals surface area contributed by atoms with E-state index in [2.05, 4.69) is 34.3 Å². The van der Waals surface area contributed by atoms with Gasteiger partial charge in [0, 0.05) is 30.5 Å². The third-order valence-corrected chi connectivity index (χ3v) is 6.88. The van der Waals surface area contributed by atoms with Crippen molar-refractivity contribution in [1.29, 1.82) is 0 Å². The van der Waals surface area contributed by atoms with E-state index in [1.54, 1.807) is 23.6 Å². The Morgan fingerprint density at radius 1 is 1.37 bits per heavy atom. The van der Waals surface area contributed by atoms with Crippen LogP contribution in [0, 0.1) is 0 Å². The Kier molecular flexibility index (Phi) is 6.34. The summed E-state index contributed by atoms with van der Waals surface area (Å²) >= 11 is 3.12. The van der Waals surface area contributed by atoms with Crippen LogP contribution >= 0.6 is 23.1 Å². The minimum Gasteiger partial charge on any atom is -0.302 e. The molecule has 1 saturated carbocycles. The SMILES string of the molecule is C=CCn1c(SCc2csc(N(C(C)=O)c3ccccc3CC)n2)nnc1C1CC1. The zero-order valence-electron chi connectivity index (χ0n) is 17.2. The van der Waals surface area contributed by atoms with Gasteiger partial charge in [0.15, 0.2) is 10.3 Å². The Hall–Kier alpha value is -2.45. The van der Waals surface area contributed by atoms with Crippen LogP contribution in [-0.2, 0) is 23.5 Å². The minimum atomic E-state index is -0.0377. The van der Waals surface area contributed by atoms with Gasteiger partial charge < -0.3 is 4.57 Å². The number of nitrogens with zero attached hydrogens (tertiary/aromatic N) is 5. The predicted octanol–water partition coefficient (Wildman–Crippen LogP) is 5.34. The molecule has 1 fully saturated rings. The van der Waals surface area contributed by atoms with E-state index in [1.165, 1.54) is 24.2 Å². The first-order valence-corrected chi connectivity index (χ1v) is 12.0. The lowest BCUT2D eigenvalue weighted by molar-refractivity contribution is -0.115. The lowest BCUT2D eigenvalue weighted by Gasteiger charge is -2.20. The Labute approximate surface area is 185 Å². The second-order valence-electron chi connectivity index (χ2n) is 7.26. The first kappa shape index (κ1) is 20.8. The van der Waals surface area contributed by atoms with Gasteiger partial charge in [0.25, 0.3) is 0 Å². The summed E-state index contributed by atoms with van der Waals surface area (Å²) < 4.78 is 2.15. The molecular weight excluding hydrogens is 414 g/mol. The molecule has 0 saturated heterocycles. The number of hydrogen-bond donors (Lipinski definition) is 0. The fraction of sp³-hybridized carbons (Fsp3) is 0.364. The number of benzene rings is 1. The van der Waals surface area contributed by atoms with E-state index >= 15 is 0 Å². The lowest BCUT2D eigenvalue weighted by Crippen LogP contribution is -2.23. The number of carbonyl (C=O) groups is 1. The number of aryl methyl sites for hydroxylation is 1. The number of hydrogen-bond acceptors (Lipinski definition) is 6. The second kappa shape index (κ2) is 9.14. The average molecular weight is 440 g/mol. The molecule has 8 heteroatoms. The molecule has 6 nitrogen and oxygen atoms in total. The van der Waals surface area contributed by atoms with Crippen molar-refractivity contribution in [3.05, 3.63) is 59.4 Å². The molecule has 0 unspecified atom stereocenters. The highest BCUT2D eigenvalue weighted by molar-refractivity contribution is 7.98. The molecule has 156 valence electrons. The van der Waals surface area contributed by atoms with Gasteiger partial charge in [-0.1, -0.05) is 43.0 Å². The smallest absolute Gasteiger partial charge is 0.230 e. The summed E-state index contributed by atoms with van der Waals surface area (Å²) in [7, 11) is 0. The largest absolute Gasteiger partial charge is 0.302 e. The van der Waals surface area contributed by atoms with E-state index < -0.39 is 0 Å². The molecule has 2 aromatic heterocycles. The Morgan fingerprint density at radius 3 is 2.87 bits per heavy atom. The van der Waals surface area contributed by atoms with Gasteiger partial charge in [0.05, 0.1) is 11.4 Å². The molecule has 0 atom stereocenters. The minimum absolute atomic E-state index is 0.0377. The molecular formula is C22H25N5OS2. The van der Waals surface area contributed by atoms with E-state index in [-0.39, 0.29) is 5.91 Å². The molecule has 0 bridgehead atoms. The van der Waals surface area contributed by atoms with Gasteiger partial charge in [-0.3, -0.25) is 9.69 Å². The van der Waals surface area contributed by atoms with Crippen LogP contribution in [0.25, 0.3) is 0 Å². The van der Waals surface area contributed by atoms with Crippen molar-refractivity contribution in [3.63, 3.8) is 0 Å². The molecule has 0 radical (unpaired) electrons. The van der Waals surface area contributed by atoms with Crippen LogP contribution in [0.5, 0.6) is 0 Å². The maximum Gasteiger partial charge on any atom is 0.230 e. The maximum atomic E-state index is 12.4. The molecule has 1 aliphatic rings. The molecule has 1 aromatic carbocycles. The summed E-state index contributed by atoms with van der Waals surface area (Å²) in [6, 6.07) is 7.99. The number of aromatic nitrogens is 4. The maximum absolute atomic E-state index is 12.4. The number of thioether (sulfide) groups is 1. The van der Waals surface area contributed by atoms with Crippen LogP contribution in [0.15, 0.2) is 47.5 Å². The number of carbonyl (C=O) groups excluding carboxylic acids is 1. The van der Waals surface area contributed by atoms with Crippen molar-refractivity contribution < 1.29 is 4.79 Å². The number of amides is 1. The van der Waals surface area contributed by atoms with Gasteiger partial charge in [0.1, 0.15) is 5.82 Å². The quantitative estimate of drug-likeness (QED) is 0.333. The highest BCUT2D eigenvalue weighted by Crippen LogP contribution is 2.40. The normalized spacial score (nSPS) is 13.4. The summed E-state index contributed by atoms with van der Waals surface area (Å²) in [6.45, 7) is 8.26. The summed E-state index contributed by atoms with van der Waals surface area (Å²) in [4.78, 5) is 18.9. The fourth-order valence-corrected chi connectivity index (χ4v) is 5.22. The van der Waals surface area contributed by atoms with E-state index in [4.69, 9.17) is 4.98 Å². The van der Waals surface area contributed by atoms with Crippen molar-refractivity contribution >= 4 is 39.8 Å². The van der Waals surface area contributed by atoms with Crippen LogP contribution in [0.1, 0.15) is 49.7 Å². The summed E-state index contributed by atoms with van der Waals surface area (Å²) in [5.41, 5.74) is 2.96. The highest BCUT2D eigenvalue weighted by atomic mass is 32.2. The Balaban J connectivity index is 1.52. The van der Waals surface area contributed by atoms with Gasteiger partial charge in [-0.2, -0.15) is 0 Å². The molecule has 0 aliphatic heterocycles. The van der Waals surface area contributed by atoms with Gasteiger partial charge in [0.2, 0.25) is 5.91 Å². The predicted molar refractivity (Wildman–Crippen MR) is 123 cm³/mol. The molecule has 30 heavy (non-hydrogen) atoms. The highest BCUT2D eigenvalue weighted by Gasteiger charge is 2.30. The zero-order valence-corrected chi connectivity index (χ0v) is 18.9. The molecule has 1 amide bonds. The van der Waals surface area contributed by atoms with Crippen molar-refractivity contribution in [1.82, 2.24) is 19.7 Å². The third-order valence-electron chi connectivity index (χ3n) is 5.01. The van der Waals surface area contributed by atoms with Crippen molar-refractivity contribution in [3.8, 4) is 0 Å². The van der Waals surface area contributed by atoms with Crippen molar-refractivity contribution in [2.24, 2.45) is 0 Å². The van der Waals surface area contributed by atoms with Crippen LogP contribution in [0.4, 0.5) is 10.8 Å². The molecule has 3 aromatic rings. The Bertz CT molecular complexity index is 1050. The van der Waals surface area contributed by atoms with Gasteiger partial charge in [-0.05, 0) is 30.9 Å². The first-order valence-electron chi connectivity index (χ1n) is 10.1. The number of anilines is 2. The van der Waals surface area contributed by atoms with E-state index in [1.807, 2.05) is 29.7 Å². The second-order valence-corrected chi connectivity index (χ2v) is 9.04. The standard InChI is InChI=1S/C22H25N5OS2/c1-4-12-26-20(17-10-11-17)24-25-22(26)30-14-18-13-29-21(23-18)27(15(3)28)19-9-7-6-8-16(19)5-2/h4,6-9,13,17H,1,5,10-12,14H2,2-3H3. The van der Waals surface area contributed by atoms with Gasteiger partial charge in [-0.25, -0.2) is 4.98 Å². The molecule has 1 aliphatic carbocycles. The molecule has 0 N–H and O–H groups in total. The third kappa shape index (κ3) is 4.34. The summed E-state index contributed by atoms with van der Waals surface area (Å²) in [6.07, 6.45) is 5.12. The van der Waals surface area contributed by atoms with Crippen LogP contribution in [-0.4, -0.2) is 25.7 Å². The fourth-order valence-electron chi connectivity index (χ4n) is 3.39. The van der Waals surface area contributed by atoms with E-state index in [0.29, 0.717) is 16.8 Å². The van der Waals surface area contributed by atoms with Crippen molar-refractivity contribution in [2.45, 2.75) is 56.5 Å². The van der Waals surface area contributed by atoms with Crippen LogP contribution < -0.4 is 4.90 Å². The monoisotopic (exact) mass is 439 g/mol.